The second kappa shape index (κ2) is 4.96. The number of furan rings is 1. The molecule has 1 atom stereocenters. The van der Waals surface area contributed by atoms with Crippen LogP contribution < -0.4 is 0 Å². The predicted molar refractivity (Wildman–Crippen MR) is 77.9 cm³/mol. The number of imidazole rings is 1. The smallest absolute Gasteiger partial charge is 0.153 e. The highest BCUT2D eigenvalue weighted by atomic mass is 35.5. The Kier molecular flexibility index (Phi) is 3.28. The Morgan fingerprint density at radius 3 is 2.85 bits per heavy atom. The molecule has 0 bridgehead atoms. The van der Waals surface area contributed by atoms with Gasteiger partial charge in [0, 0.05) is 16.5 Å². The number of hydrogen-bond acceptors (Lipinski definition) is 3. The third kappa shape index (κ3) is 2.21. The van der Waals surface area contributed by atoms with Crippen molar-refractivity contribution < 1.29 is 9.52 Å². The van der Waals surface area contributed by atoms with Crippen LogP contribution in [0.15, 0.2) is 41.2 Å². The minimum Gasteiger partial charge on any atom is -0.458 e. The van der Waals surface area contributed by atoms with E-state index in [2.05, 4.69) is 4.98 Å². The van der Waals surface area contributed by atoms with E-state index in [4.69, 9.17) is 16.0 Å². The van der Waals surface area contributed by atoms with Gasteiger partial charge >= 0.3 is 0 Å². The summed E-state index contributed by atoms with van der Waals surface area (Å²) >= 11 is 5.96. The molecular weight excluding hydrogens is 276 g/mol. The minimum atomic E-state index is -0.842. The second-order valence-corrected chi connectivity index (χ2v) is 5.49. The van der Waals surface area contributed by atoms with Crippen LogP contribution in [0.4, 0.5) is 0 Å². The summed E-state index contributed by atoms with van der Waals surface area (Å²) in [6, 6.07) is 7.41. The standard InChI is InChI=1S/C15H15ClN2O2/c1-9(2)18-8-17-7-12(18)15(19)14-6-10-5-11(16)3-4-13(10)20-14/h3-9,15,19H,1-2H3. The summed E-state index contributed by atoms with van der Waals surface area (Å²) in [5.74, 6) is 0.490. The van der Waals surface area contributed by atoms with Gasteiger partial charge in [0.15, 0.2) is 6.10 Å². The molecule has 4 nitrogen and oxygen atoms in total. The van der Waals surface area contributed by atoms with Crippen molar-refractivity contribution in [2.24, 2.45) is 0 Å². The Hall–Kier alpha value is -1.78. The topological polar surface area (TPSA) is 51.2 Å². The van der Waals surface area contributed by atoms with Crippen LogP contribution in [0.1, 0.15) is 37.4 Å². The molecule has 2 aromatic heterocycles. The quantitative estimate of drug-likeness (QED) is 0.795. The molecule has 0 saturated heterocycles. The van der Waals surface area contributed by atoms with Gasteiger partial charge < -0.3 is 14.1 Å². The van der Waals surface area contributed by atoms with Crippen molar-refractivity contribution in [1.29, 1.82) is 0 Å². The number of rotatable bonds is 3. The van der Waals surface area contributed by atoms with Crippen molar-refractivity contribution in [2.45, 2.75) is 26.0 Å². The van der Waals surface area contributed by atoms with Gasteiger partial charge in [0.2, 0.25) is 0 Å². The first-order chi connectivity index (χ1) is 9.56. The Morgan fingerprint density at radius 2 is 2.10 bits per heavy atom. The maximum atomic E-state index is 10.5. The Labute approximate surface area is 121 Å². The first kappa shape index (κ1) is 13.2. The summed E-state index contributed by atoms with van der Waals surface area (Å²) in [5, 5.41) is 12.0. The van der Waals surface area contributed by atoms with Gasteiger partial charge in [-0.2, -0.15) is 0 Å². The molecule has 0 saturated carbocycles. The minimum absolute atomic E-state index is 0.223. The van der Waals surface area contributed by atoms with Gasteiger partial charge in [-0.15, -0.1) is 0 Å². The van der Waals surface area contributed by atoms with Crippen LogP contribution in [0.5, 0.6) is 0 Å². The Morgan fingerprint density at radius 1 is 1.30 bits per heavy atom. The van der Waals surface area contributed by atoms with Crippen LogP contribution in [-0.4, -0.2) is 14.7 Å². The van der Waals surface area contributed by atoms with Gasteiger partial charge in [-0.1, -0.05) is 11.6 Å². The second-order valence-electron chi connectivity index (χ2n) is 5.05. The highest BCUT2D eigenvalue weighted by Gasteiger charge is 2.20. The molecule has 0 amide bonds. The van der Waals surface area contributed by atoms with Crippen molar-refractivity contribution in [3.63, 3.8) is 0 Å². The van der Waals surface area contributed by atoms with Crippen molar-refractivity contribution in [2.75, 3.05) is 0 Å². The summed E-state index contributed by atoms with van der Waals surface area (Å²) in [4.78, 5) is 4.10. The zero-order chi connectivity index (χ0) is 14.3. The fourth-order valence-corrected chi connectivity index (χ4v) is 2.45. The molecule has 104 valence electrons. The molecule has 1 N–H and O–H groups in total. The number of halogens is 1. The highest BCUT2D eigenvalue weighted by Crippen LogP contribution is 2.30. The number of hydrogen-bond donors (Lipinski definition) is 1. The number of aliphatic hydroxyl groups excluding tert-OH is 1. The summed E-state index contributed by atoms with van der Waals surface area (Å²) in [6.45, 7) is 4.08. The van der Waals surface area contributed by atoms with Crippen LogP contribution in [0.3, 0.4) is 0 Å². The molecule has 20 heavy (non-hydrogen) atoms. The summed E-state index contributed by atoms with van der Waals surface area (Å²) < 4.78 is 7.62. The molecule has 0 aliphatic rings. The fourth-order valence-electron chi connectivity index (χ4n) is 2.27. The zero-order valence-corrected chi connectivity index (χ0v) is 12.0. The maximum Gasteiger partial charge on any atom is 0.153 e. The third-order valence-corrected chi connectivity index (χ3v) is 3.53. The van der Waals surface area contributed by atoms with Crippen molar-refractivity contribution in [3.8, 4) is 0 Å². The van der Waals surface area contributed by atoms with Crippen LogP contribution in [0.25, 0.3) is 11.0 Å². The Bertz CT molecular complexity index is 745. The fraction of sp³-hybridized carbons (Fsp3) is 0.267. The average molecular weight is 291 g/mol. The number of aromatic nitrogens is 2. The Balaban J connectivity index is 2.03. The molecule has 0 aliphatic heterocycles. The number of fused-ring (bicyclic) bond motifs is 1. The van der Waals surface area contributed by atoms with Gasteiger partial charge in [-0.25, -0.2) is 4.98 Å². The van der Waals surface area contributed by atoms with Crippen LogP contribution in [-0.2, 0) is 0 Å². The average Bonchev–Trinajstić information content (AvgIpc) is 3.03. The predicted octanol–water partition coefficient (Wildman–Crippen LogP) is 3.95. The molecule has 2 heterocycles. The van der Waals surface area contributed by atoms with E-state index in [-0.39, 0.29) is 6.04 Å². The lowest BCUT2D eigenvalue weighted by Crippen LogP contribution is -2.09. The molecule has 1 aromatic carbocycles. The van der Waals surface area contributed by atoms with Crippen LogP contribution >= 0.6 is 11.6 Å². The molecule has 1 unspecified atom stereocenters. The monoisotopic (exact) mass is 290 g/mol. The third-order valence-electron chi connectivity index (χ3n) is 3.30. The van der Waals surface area contributed by atoms with Crippen molar-refractivity contribution >= 4 is 22.6 Å². The summed E-state index contributed by atoms with van der Waals surface area (Å²) in [5.41, 5.74) is 1.42. The van der Waals surface area contributed by atoms with E-state index in [9.17, 15) is 5.11 Å². The molecule has 3 aromatic rings. The van der Waals surface area contributed by atoms with Gasteiger partial charge in [-0.05, 0) is 38.1 Å². The molecule has 0 aliphatic carbocycles. The van der Waals surface area contributed by atoms with E-state index in [1.54, 1.807) is 24.7 Å². The van der Waals surface area contributed by atoms with E-state index >= 15 is 0 Å². The number of benzene rings is 1. The van der Waals surface area contributed by atoms with Gasteiger partial charge in [-0.3, -0.25) is 0 Å². The molecule has 5 heteroatoms. The lowest BCUT2D eigenvalue weighted by molar-refractivity contribution is 0.181. The normalized spacial score (nSPS) is 13.2. The summed E-state index contributed by atoms with van der Waals surface area (Å²) in [7, 11) is 0. The number of aliphatic hydroxyl groups is 1. The molecule has 0 fully saturated rings. The van der Waals surface area contributed by atoms with E-state index in [1.165, 1.54) is 0 Å². The van der Waals surface area contributed by atoms with E-state index in [0.29, 0.717) is 22.1 Å². The van der Waals surface area contributed by atoms with Gasteiger partial charge in [0.25, 0.3) is 0 Å². The zero-order valence-electron chi connectivity index (χ0n) is 11.2. The first-order valence-corrected chi connectivity index (χ1v) is 6.83. The lowest BCUT2D eigenvalue weighted by atomic mass is 10.2. The molecule has 0 radical (unpaired) electrons. The largest absolute Gasteiger partial charge is 0.458 e. The van der Waals surface area contributed by atoms with Crippen LogP contribution in [0.2, 0.25) is 5.02 Å². The SMILES string of the molecule is CC(C)n1cncc1C(O)c1cc2cc(Cl)ccc2o1. The summed E-state index contributed by atoms with van der Waals surface area (Å²) in [6.07, 6.45) is 2.53. The molecule has 3 rings (SSSR count). The molecular formula is C15H15ClN2O2. The lowest BCUT2D eigenvalue weighted by Gasteiger charge is -2.14. The number of nitrogens with zero attached hydrogens (tertiary/aromatic N) is 2. The first-order valence-electron chi connectivity index (χ1n) is 6.45. The van der Waals surface area contributed by atoms with Gasteiger partial charge in [0.05, 0.1) is 18.2 Å². The van der Waals surface area contributed by atoms with E-state index < -0.39 is 6.10 Å². The van der Waals surface area contributed by atoms with Crippen molar-refractivity contribution in [1.82, 2.24) is 9.55 Å². The molecule has 0 spiro atoms. The van der Waals surface area contributed by atoms with Crippen molar-refractivity contribution in [3.05, 3.63) is 53.3 Å². The van der Waals surface area contributed by atoms with E-state index in [0.717, 1.165) is 5.39 Å². The van der Waals surface area contributed by atoms with Crippen LogP contribution in [0, 0.1) is 0 Å². The highest BCUT2D eigenvalue weighted by molar-refractivity contribution is 6.31. The maximum absolute atomic E-state index is 10.5. The van der Waals surface area contributed by atoms with Gasteiger partial charge in [0.1, 0.15) is 11.3 Å². The van der Waals surface area contributed by atoms with E-state index in [1.807, 2.05) is 30.5 Å².